The van der Waals surface area contributed by atoms with Crippen LogP contribution in [-0.2, 0) is 44.3 Å². The minimum absolute atomic E-state index is 0.00601. The van der Waals surface area contributed by atoms with Crippen LogP contribution in [0.1, 0.15) is 100.0 Å². The molecule has 2 aliphatic rings. The number of carbonyl (C=O) groups is 5. The van der Waals surface area contributed by atoms with E-state index in [1.807, 2.05) is 0 Å². The maximum atomic E-state index is 14.1. The first kappa shape index (κ1) is 53.1. The van der Waals surface area contributed by atoms with E-state index in [1.54, 1.807) is 41.5 Å². The van der Waals surface area contributed by atoms with E-state index in [2.05, 4.69) is 15.0 Å². The number of ketones is 2. The van der Waals surface area contributed by atoms with Crippen molar-refractivity contribution in [2.24, 2.45) is 5.73 Å². The summed E-state index contributed by atoms with van der Waals surface area (Å²) in [6, 6.07) is 6.45. The summed E-state index contributed by atoms with van der Waals surface area (Å²) in [6.07, 6.45) is -10.8. The van der Waals surface area contributed by atoms with Crippen LogP contribution in [0.2, 0.25) is 0 Å². The average Bonchev–Trinajstić information content (AvgIpc) is 4.05. The van der Waals surface area contributed by atoms with Gasteiger partial charge in [0, 0.05) is 49.2 Å². The van der Waals surface area contributed by atoms with Crippen molar-refractivity contribution in [1.29, 1.82) is 0 Å². The number of aromatic nitrogens is 4. The SMILES string of the molecule is CC(C)(C)OC(=O)N1C[C@H](F)C[C@H]1C(=O)CCc1cn(-c2ccc(C(F)(F)F)cc2)nc1C(N)=O.[C-]#[N+]c1nn(-c2ccc(C(F)(F)F)cc2)cc1CCC(=O)[C@@H]1C[C@@H](F)CN1C(=O)OC(C)(C)C. The van der Waals surface area contributed by atoms with Crippen molar-refractivity contribution in [3.63, 3.8) is 0 Å². The number of halogens is 8. The van der Waals surface area contributed by atoms with Gasteiger partial charge in [-0.3, -0.25) is 24.2 Å². The maximum absolute atomic E-state index is 14.1. The molecule has 0 unspecified atom stereocenters. The standard InChI is InChI=1S/C23H26F4N4O4.C23H24F4N4O3/c1-22(2,3)35-21(34)30-12-15(24)10-17(30)18(32)9-4-13-11-31(29-19(13)20(28)33)16-7-5-14(6-8-16)23(25,26)27;1-22(2,3)34-21(33)30-13-16(24)11-18(30)19(32)10-5-14-12-31(29-20(14)28-4)17-8-6-15(7-9-17)23(25,26)27/h5-8,11,15,17H,4,9-10,12H2,1-3H3,(H2,28,33);6-9,12,16,18H,5,10-11,13H2,1-3H3/t15-,17+;16-,18+/m11/s1. The Kier molecular flexibility index (Phi) is 16.0. The summed E-state index contributed by atoms with van der Waals surface area (Å²) in [7, 11) is 0. The van der Waals surface area contributed by atoms with Gasteiger partial charge in [0.25, 0.3) is 11.7 Å². The molecular formula is C46H50F8N8O7. The molecule has 0 spiro atoms. The molecule has 15 nitrogen and oxygen atoms in total. The highest BCUT2D eigenvalue weighted by atomic mass is 19.4. The third-order valence-electron chi connectivity index (χ3n) is 10.6. The Bertz CT molecular complexity index is 2560. The fraction of sp³-hybridized carbons (Fsp3) is 0.478. The fourth-order valence-electron chi connectivity index (χ4n) is 7.42. The quantitative estimate of drug-likeness (QED) is 0.113. The second-order valence-corrected chi connectivity index (χ2v) is 18.3. The minimum atomic E-state index is -4.50. The molecule has 0 bridgehead atoms. The monoisotopic (exact) mass is 978 g/mol. The van der Waals surface area contributed by atoms with Gasteiger partial charge in [-0.25, -0.2) is 23.1 Å². The number of rotatable bonds is 11. The van der Waals surface area contributed by atoms with Crippen LogP contribution in [0.25, 0.3) is 16.2 Å². The lowest BCUT2D eigenvalue weighted by Crippen LogP contribution is -2.43. The van der Waals surface area contributed by atoms with Crippen LogP contribution >= 0.6 is 0 Å². The third kappa shape index (κ3) is 14.1. The molecule has 0 saturated carbocycles. The van der Waals surface area contributed by atoms with Crippen molar-refractivity contribution in [2.75, 3.05) is 13.1 Å². The van der Waals surface area contributed by atoms with Crippen LogP contribution in [0.15, 0.2) is 60.9 Å². The predicted octanol–water partition coefficient (Wildman–Crippen LogP) is 9.13. The van der Waals surface area contributed by atoms with Crippen molar-refractivity contribution < 1.29 is 68.6 Å². The number of nitrogens with zero attached hydrogens (tertiary/aromatic N) is 7. The number of likely N-dealkylation sites (tertiary alicyclic amines) is 2. The van der Waals surface area contributed by atoms with E-state index in [9.17, 15) is 59.1 Å². The van der Waals surface area contributed by atoms with Crippen molar-refractivity contribution in [1.82, 2.24) is 29.4 Å². The Morgan fingerprint density at radius 2 is 1.03 bits per heavy atom. The van der Waals surface area contributed by atoms with Gasteiger partial charge in [-0.05, 0) is 108 Å². The van der Waals surface area contributed by atoms with Crippen LogP contribution in [0, 0.1) is 6.57 Å². The number of Topliss-reactive ketones (excluding diaryl/α,β-unsaturated/α-hetero) is 2. The third-order valence-corrected chi connectivity index (χ3v) is 10.6. The summed E-state index contributed by atoms with van der Waals surface area (Å²) in [5.74, 6) is -1.66. The number of amides is 3. The smallest absolute Gasteiger partial charge is 0.416 e. The zero-order chi connectivity index (χ0) is 51.4. The normalized spacial score (nSPS) is 18.6. The second-order valence-electron chi connectivity index (χ2n) is 18.3. The zero-order valence-corrected chi connectivity index (χ0v) is 38.3. The van der Waals surface area contributed by atoms with Crippen LogP contribution in [0.4, 0.5) is 50.5 Å². The van der Waals surface area contributed by atoms with Gasteiger partial charge in [-0.15, -0.1) is 0 Å². The van der Waals surface area contributed by atoms with E-state index in [-0.39, 0.29) is 74.6 Å². The van der Waals surface area contributed by atoms with Gasteiger partial charge in [0.2, 0.25) is 0 Å². The summed E-state index contributed by atoms with van der Waals surface area (Å²) in [6.45, 7) is 16.8. The van der Waals surface area contributed by atoms with E-state index < -0.39 is 83.0 Å². The lowest BCUT2D eigenvalue weighted by Gasteiger charge is -2.27. The Hall–Kier alpha value is -6.86. The Labute approximate surface area is 391 Å². The van der Waals surface area contributed by atoms with Gasteiger partial charge < -0.3 is 20.1 Å². The van der Waals surface area contributed by atoms with Gasteiger partial charge in [-0.1, -0.05) is 6.57 Å². The molecule has 69 heavy (non-hydrogen) atoms. The molecule has 2 N–H and O–H groups in total. The highest BCUT2D eigenvalue weighted by Gasteiger charge is 2.43. The lowest BCUT2D eigenvalue weighted by atomic mass is 10.0. The molecular weight excluding hydrogens is 929 g/mol. The van der Waals surface area contributed by atoms with Crippen LogP contribution in [0.3, 0.4) is 0 Å². The van der Waals surface area contributed by atoms with E-state index in [0.717, 1.165) is 34.1 Å². The summed E-state index contributed by atoms with van der Waals surface area (Å²) in [5.41, 5.74) is 3.27. The van der Waals surface area contributed by atoms with Gasteiger partial charge >= 0.3 is 24.5 Å². The molecule has 4 atom stereocenters. The summed E-state index contributed by atoms with van der Waals surface area (Å²) in [5, 5.41) is 8.14. The molecule has 2 aromatic heterocycles. The molecule has 2 saturated heterocycles. The number of hydrogen-bond donors (Lipinski definition) is 1. The Morgan fingerprint density at radius 3 is 1.39 bits per heavy atom. The first-order valence-electron chi connectivity index (χ1n) is 21.5. The molecule has 0 aliphatic carbocycles. The Balaban J connectivity index is 0.000000258. The summed E-state index contributed by atoms with van der Waals surface area (Å²) < 4.78 is 118. The van der Waals surface area contributed by atoms with Gasteiger partial charge in [-0.2, -0.15) is 36.1 Å². The second kappa shape index (κ2) is 20.8. The van der Waals surface area contributed by atoms with Crippen molar-refractivity contribution in [3.05, 3.63) is 100 Å². The number of benzene rings is 2. The molecule has 2 fully saturated rings. The number of carbonyl (C=O) groups excluding carboxylic acids is 5. The van der Waals surface area contributed by atoms with Gasteiger partial charge in [0.05, 0.1) is 47.7 Å². The lowest BCUT2D eigenvalue weighted by molar-refractivity contribution is -0.138. The summed E-state index contributed by atoms with van der Waals surface area (Å²) >= 11 is 0. The maximum Gasteiger partial charge on any atom is 0.416 e. The molecule has 2 aliphatic heterocycles. The molecule has 4 heterocycles. The first-order valence-corrected chi connectivity index (χ1v) is 21.5. The van der Waals surface area contributed by atoms with E-state index in [0.29, 0.717) is 16.8 Å². The molecule has 0 radical (unpaired) electrons. The van der Waals surface area contributed by atoms with Crippen LogP contribution in [-0.4, -0.2) is 108 Å². The molecule has 372 valence electrons. The molecule has 3 amide bonds. The van der Waals surface area contributed by atoms with E-state index >= 15 is 0 Å². The number of hydrogen-bond acceptors (Lipinski definition) is 9. The number of alkyl halides is 8. The van der Waals surface area contributed by atoms with Crippen LogP contribution in [0.5, 0.6) is 0 Å². The highest BCUT2D eigenvalue weighted by molar-refractivity contribution is 5.93. The molecule has 4 aromatic rings. The minimum Gasteiger partial charge on any atom is -0.444 e. The number of nitrogens with two attached hydrogens (primary N) is 1. The van der Waals surface area contributed by atoms with Crippen molar-refractivity contribution >= 4 is 35.5 Å². The molecule has 23 heteroatoms. The first-order chi connectivity index (χ1) is 31.9. The Morgan fingerprint density at radius 1 is 0.652 bits per heavy atom. The van der Waals surface area contributed by atoms with E-state index in [1.165, 1.54) is 46.0 Å². The number of ether oxygens (including phenoxy) is 2. The predicted molar refractivity (Wildman–Crippen MR) is 231 cm³/mol. The molecule has 6 rings (SSSR count). The zero-order valence-electron chi connectivity index (χ0n) is 38.3. The number of primary amides is 1. The van der Waals surface area contributed by atoms with Crippen molar-refractivity contribution in [2.45, 2.75) is 128 Å². The fourth-order valence-corrected chi connectivity index (χ4v) is 7.42. The van der Waals surface area contributed by atoms with E-state index in [4.69, 9.17) is 21.8 Å². The summed E-state index contributed by atoms with van der Waals surface area (Å²) in [4.78, 5) is 67.9. The largest absolute Gasteiger partial charge is 0.444 e. The topological polar surface area (TPSA) is 176 Å². The van der Waals surface area contributed by atoms with Crippen molar-refractivity contribution in [3.8, 4) is 11.4 Å². The van der Waals surface area contributed by atoms with Crippen LogP contribution < -0.4 is 5.73 Å². The van der Waals surface area contributed by atoms with Gasteiger partial charge in [0.1, 0.15) is 23.5 Å². The average molecular weight is 979 g/mol. The molecule has 2 aromatic carbocycles. The highest BCUT2D eigenvalue weighted by Crippen LogP contribution is 2.32. The number of aryl methyl sites for hydroxylation is 2. The van der Waals surface area contributed by atoms with Gasteiger partial charge in [0.15, 0.2) is 17.3 Å².